The summed E-state index contributed by atoms with van der Waals surface area (Å²) in [6.07, 6.45) is 0.0358. The molecule has 0 aliphatic rings. The Bertz CT molecular complexity index is 812. The number of nitrogens with one attached hydrogen (secondary N) is 2. The van der Waals surface area contributed by atoms with Gasteiger partial charge in [0, 0.05) is 5.69 Å². The Labute approximate surface area is 169 Å². The van der Waals surface area contributed by atoms with Gasteiger partial charge in [-0.2, -0.15) is 0 Å². The van der Waals surface area contributed by atoms with Crippen molar-refractivity contribution in [2.24, 2.45) is 0 Å². The van der Waals surface area contributed by atoms with Crippen LogP contribution in [0.2, 0.25) is 10.0 Å². The number of benzene rings is 2. The molecule has 2 aromatic rings. The Morgan fingerprint density at radius 2 is 1.70 bits per heavy atom. The number of hydrogen-bond donors (Lipinski definition) is 2. The number of halogens is 2. The number of carbonyl (C=O) groups excluding carboxylic acids is 1. The number of ether oxygens (including phenoxy) is 2. The van der Waals surface area contributed by atoms with Crippen LogP contribution in [0, 0.1) is 5.41 Å². The zero-order valence-electron chi connectivity index (χ0n) is 15.4. The minimum absolute atomic E-state index is 0.0358. The van der Waals surface area contributed by atoms with Crippen LogP contribution in [0.15, 0.2) is 42.5 Å². The SMILES string of the molecule is CC(C)(C)OC(=N)COC(=O)Cc1ccccc1Nc1c(Cl)cccc1Cl. The summed E-state index contributed by atoms with van der Waals surface area (Å²) in [4.78, 5) is 12.2. The molecule has 0 amide bonds. The van der Waals surface area contributed by atoms with E-state index in [0.717, 1.165) is 5.56 Å². The van der Waals surface area contributed by atoms with Crippen molar-refractivity contribution in [1.82, 2.24) is 0 Å². The molecule has 0 radical (unpaired) electrons. The molecule has 0 aliphatic heterocycles. The molecule has 5 nitrogen and oxygen atoms in total. The van der Waals surface area contributed by atoms with Gasteiger partial charge in [-0.25, -0.2) is 0 Å². The minimum Gasteiger partial charge on any atom is -0.473 e. The van der Waals surface area contributed by atoms with Gasteiger partial charge in [0.1, 0.15) is 5.60 Å². The lowest BCUT2D eigenvalue weighted by atomic mass is 10.1. The van der Waals surface area contributed by atoms with E-state index in [1.54, 1.807) is 18.2 Å². The predicted molar refractivity (Wildman–Crippen MR) is 109 cm³/mol. The molecule has 2 rings (SSSR count). The van der Waals surface area contributed by atoms with Gasteiger partial charge < -0.3 is 14.8 Å². The normalized spacial score (nSPS) is 11.0. The van der Waals surface area contributed by atoms with Crippen molar-refractivity contribution in [3.63, 3.8) is 0 Å². The van der Waals surface area contributed by atoms with Gasteiger partial charge in [-0.3, -0.25) is 10.2 Å². The molecule has 0 spiro atoms. The highest BCUT2D eigenvalue weighted by Crippen LogP contribution is 2.33. The second kappa shape index (κ2) is 9.11. The molecule has 0 saturated heterocycles. The van der Waals surface area contributed by atoms with E-state index in [4.69, 9.17) is 38.1 Å². The highest BCUT2D eigenvalue weighted by molar-refractivity contribution is 6.39. The molecular weight excluding hydrogens is 387 g/mol. The summed E-state index contributed by atoms with van der Waals surface area (Å²) in [7, 11) is 0. The first-order chi connectivity index (χ1) is 12.7. The van der Waals surface area contributed by atoms with E-state index in [1.807, 2.05) is 45.0 Å². The molecule has 2 aromatic carbocycles. The van der Waals surface area contributed by atoms with Gasteiger partial charge in [-0.05, 0) is 44.5 Å². The maximum atomic E-state index is 12.2. The van der Waals surface area contributed by atoms with Crippen LogP contribution in [0.25, 0.3) is 0 Å². The van der Waals surface area contributed by atoms with Gasteiger partial charge in [0.15, 0.2) is 6.61 Å². The van der Waals surface area contributed by atoms with Crippen LogP contribution in [-0.4, -0.2) is 24.1 Å². The second-order valence-electron chi connectivity index (χ2n) is 6.85. The molecule has 0 heterocycles. The fraction of sp³-hybridized carbons (Fsp3) is 0.300. The molecule has 144 valence electrons. The summed E-state index contributed by atoms with van der Waals surface area (Å²) in [5, 5.41) is 11.8. The number of rotatable bonds is 6. The molecular formula is C20H22Cl2N2O3. The van der Waals surface area contributed by atoms with E-state index >= 15 is 0 Å². The van der Waals surface area contributed by atoms with E-state index < -0.39 is 11.6 Å². The summed E-state index contributed by atoms with van der Waals surface area (Å²) in [5.74, 6) is -0.554. The van der Waals surface area contributed by atoms with Gasteiger partial charge in [0.05, 0.1) is 22.2 Å². The third kappa shape index (κ3) is 6.77. The van der Waals surface area contributed by atoms with Crippen LogP contribution in [0.1, 0.15) is 26.3 Å². The molecule has 0 aromatic heterocycles. The first-order valence-corrected chi connectivity index (χ1v) is 9.12. The first-order valence-electron chi connectivity index (χ1n) is 8.37. The maximum absolute atomic E-state index is 12.2. The van der Waals surface area contributed by atoms with Crippen LogP contribution < -0.4 is 5.32 Å². The van der Waals surface area contributed by atoms with Gasteiger partial charge >= 0.3 is 5.97 Å². The highest BCUT2D eigenvalue weighted by Gasteiger charge is 2.16. The van der Waals surface area contributed by atoms with E-state index in [0.29, 0.717) is 21.4 Å². The zero-order chi connectivity index (χ0) is 20.0. The summed E-state index contributed by atoms with van der Waals surface area (Å²) in [5.41, 5.74) is 1.49. The van der Waals surface area contributed by atoms with Crippen molar-refractivity contribution in [3.05, 3.63) is 58.1 Å². The standard InChI is InChI=1S/C20H22Cl2N2O3/c1-20(2,3)27-17(23)12-26-18(25)11-13-7-4-5-10-16(13)24-19-14(21)8-6-9-15(19)22/h4-10,23-24H,11-12H2,1-3H3. The van der Waals surface area contributed by atoms with Crippen molar-refractivity contribution in [2.75, 3.05) is 11.9 Å². The third-order valence-corrected chi connectivity index (χ3v) is 4.00. The monoisotopic (exact) mass is 408 g/mol. The summed E-state index contributed by atoms with van der Waals surface area (Å²) in [6, 6.07) is 12.5. The van der Waals surface area contributed by atoms with E-state index in [1.165, 1.54) is 0 Å². The number of anilines is 2. The van der Waals surface area contributed by atoms with Crippen molar-refractivity contribution >= 4 is 46.4 Å². The molecule has 0 saturated carbocycles. The van der Waals surface area contributed by atoms with Crippen molar-refractivity contribution < 1.29 is 14.3 Å². The molecule has 0 atom stereocenters. The third-order valence-electron chi connectivity index (χ3n) is 3.37. The molecule has 0 fully saturated rings. The first kappa shape index (κ1) is 21.1. The maximum Gasteiger partial charge on any atom is 0.310 e. The summed E-state index contributed by atoms with van der Waals surface area (Å²) >= 11 is 12.4. The van der Waals surface area contributed by atoms with Gasteiger partial charge in [-0.1, -0.05) is 47.5 Å². The van der Waals surface area contributed by atoms with Crippen LogP contribution in [-0.2, 0) is 20.7 Å². The lowest BCUT2D eigenvalue weighted by molar-refractivity contribution is -0.141. The van der Waals surface area contributed by atoms with Crippen LogP contribution in [0.5, 0.6) is 0 Å². The Morgan fingerprint density at radius 3 is 2.33 bits per heavy atom. The van der Waals surface area contributed by atoms with Gasteiger partial charge in [0.25, 0.3) is 0 Å². The van der Waals surface area contributed by atoms with Gasteiger partial charge in [-0.15, -0.1) is 0 Å². The summed E-state index contributed by atoms with van der Waals surface area (Å²) < 4.78 is 10.5. The second-order valence-corrected chi connectivity index (χ2v) is 7.67. The number of carbonyl (C=O) groups is 1. The number of esters is 1. The summed E-state index contributed by atoms with van der Waals surface area (Å²) in [6.45, 7) is 5.27. The van der Waals surface area contributed by atoms with Crippen LogP contribution in [0.4, 0.5) is 11.4 Å². The predicted octanol–water partition coefficient (Wildman–Crippen LogP) is 5.62. The molecule has 7 heteroatoms. The van der Waals surface area contributed by atoms with E-state index in [-0.39, 0.29) is 18.9 Å². The molecule has 27 heavy (non-hydrogen) atoms. The molecule has 0 bridgehead atoms. The average molecular weight is 409 g/mol. The van der Waals surface area contributed by atoms with Crippen molar-refractivity contribution in [3.8, 4) is 0 Å². The van der Waals surface area contributed by atoms with E-state index in [9.17, 15) is 4.79 Å². The minimum atomic E-state index is -0.506. The lowest BCUT2D eigenvalue weighted by Gasteiger charge is -2.21. The quantitative estimate of drug-likeness (QED) is 0.369. The van der Waals surface area contributed by atoms with Gasteiger partial charge in [0.2, 0.25) is 5.90 Å². The zero-order valence-corrected chi connectivity index (χ0v) is 16.9. The largest absolute Gasteiger partial charge is 0.473 e. The van der Waals surface area contributed by atoms with Crippen molar-refractivity contribution in [1.29, 1.82) is 5.41 Å². The Hall–Kier alpha value is -2.24. The molecule has 0 unspecified atom stereocenters. The smallest absolute Gasteiger partial charge is 0.310 e. The fourth-order valence-electron chi connectivity index (χ4n) is 2.30. The number of para-hydroxylation sites is 2. The van der Waals surface area contributed by atoms with Crippen LogP contribution >= 0.6 is 23.2 Å². The Kier molecular flexibility index (Phi) is 7.11. The topological polar surface area (TPSA) is 71.4 Å². The van der Waals surface area contributed by atoms with Crippen molar-refractivity contribution in [2.45, 2.75) is 32.8 Å². The highest BCUT2D eigenvalue weighted by atomic mass is 35.5. The molecule has 0 aliphatic carbocycles. The lowest BCUT2D eigenvalue weighted by Crippen LogP contribution is -2.27. The Morgan fingerprint density at radius 1 is 1.07 bits per heavy atom. The Balaban J connectivity index is 2.03. The molecule has 2 N–H and O–H groups in total. The number of hydrogen-bond acceptors (Lipinski definition) is 5. The van der Waals surface area contributed by atoms with Crippen LogP contribution in [0.3, 0.4) is 0 Å². The fourth-order valence-corrected chi connectivity index (χ4v) is 2.79. The van der Waals surface area contributed by atoms with E-state index in [2.05, 4.69) is 5.32 Å². The average Bonchev–Trinajstić information content (AvgIpc) is 2.56.